The van der Waals surface area contributed by atoms with E-state index in [1.807, 2.05) is 0 Å². The average molecular weight is 342 g/mol. The predicted octanol–water partition coefficient (Wildman–Crippen LogP) is 2.72. The molecule has 2 bridgehead atoms. The zero-order chi connectivity index (χ0) is 17.8. The number of carbonyl (C=O) groups excluding carboxylic acids is 2. The second-order valence-corrected chi connectivity index (χ2v) is 7.66. The molecule has 2 amide bonds. The van der Waals surface area contributed by atoms with Gasteiger partial charge in [0.25, 0.3) is 0 Å². The van der Waals surface area contributed by atoms with E-state index in [4.69, 9.17) is 0 Å². The molecular formula is C19H22N2O4. The molecule has 3 saturated carbocycles. The van der Waals surface area contributed by atoms with E-state index in [1.54, 1.807) is 24.3 Å². The molecule has 0 heterocycles. The summed E-state index contributed by atoms with van der Waals surface area (Å²) in [6.45, 7) is 1.44. The molecule has 3 aliphatic carbocycles. The van der Waals surface area contributed by atoms with Crippen LogP contribution in [-0.2, 0) is 14.4 Å². The fourth-order valence-electron chi connectivity index (χ4n) is 5.41. The third-order valence-corrected chi connectivity index (χ3v) is 6.41. The van der Waals surface area contributed by atoms with Crippen LogP contribution in [0.1, 0.15) is 32.6 Å². The van der Waals surface area contributed by atoms with Crippen LogP contribution in [-0.4, -0.2) is 22.9 Å². The summed E-state index contributed by atoms with van der Waals surface area (Å²) in [4.78, 5) is 35.7. The minimum absolute atomic E-state index is 0.125. The summed E-state index contributed by atoms with van der Waals surface area (Å²) in [6, 6.07) is 6.88. The lowest BCUT2D eigenvalue weighted by atomic mass is 9.78. The number of hydrogen-bond acceptors (Lipinski definition) is 3. The zero-order valence-corrected chi connectivity index (χ0v) is 14.1. The number of amides is 2. The summed E-state index contributed by atoms with van der Waals surface area (Å²) in [5, 5.41) is 15.2. The van der Waals surface area contributed by atoms with Crippen LogP contribution in [0, 0.1) is 29.1 Å². The number of carboxylic acids is 1. The van der Waals surface area contributed by atoms with Crippen molar-refractivity contribution in [3.63, 3.8) is 0 Å². The van der Waals surface area contributed by atoms with Gasteiger partial charge in [-0.15, -0.1) is 0 Å². The van der Waals surface area contributed by atoms with Crippen LogP contribution in [0.2, 0.25) is 0 Å². The van der Waals surface area contributed by atoms with Gasteiger partial charge in [-0.25, -0.2) is 0 Å². The molecule has 132 valence electrons. The van der Waals surface area contributed by atoms with Crippen LogP contribution in [0.5, 0.6) is 0 Å². The lowest BCUT2D eigenvalue weighted by molar-refractivity contribution is -0.148. The molecule has 1 aromatic rings. The van der Waals surface area contributed by atoms with E-state index < -0.39 is 17.8 Å². The number of anilines is 2. The van der Waals surface area contributed by atoms with E-state index in [2.05, 4.69) is 10.6 Å². The van der Waals surface area contributed by atoms with Gasteiger partial charge < -0.3 is 15.7 Å². The van der Waals surface area contributed by atoms with E-state index in [9.17, 15) is 19.5 Å². The van der Waals surface area contributed by atoms with Crippen molar-refractivity contribution in [2.75, 3.05) is 10.6 Å². The molecule has 0 saturated heterocycles. The van der Waals surface area contributed by atoms with Gasteiger partial charge in [-0.1, -0.05) is 0 Å². The number of nitrogens with one attached hydrogen (secondary N) is 2. The fraction of sp³-hybridized carbons (Fsp3) is 0.526. The Morgan fingerprint density at radius 2 is 1.48 bits per heavy atom. The minimum Gasteiger partial charge on any atom is -0.481 e. The molecule has 1 spiro atoms. The van der Waals surface area contributed by atoms with Crippen LogP contribution >= 0.6 is 0 Å². The maximum Gasteiger partial charge on any atom is 0.307 e. The molecule has 4 unspecified atom stereocenters. The van der Waals surface area contributed by atoms with Gasteiger partial charge in [0.1, 0.15) is 0 Å². The summed E-state index contributed by atoms with van der Waals surface area (Å²) >= 11 is 0. The second-order valence-electron chi connectivity index (χ2n) is 7.66. The zero-order valence-electron chi connectivity index (χ0n) is 14.1. The maximum atomic E-state index is 12.9. The van der Waals surface area contributed by atoms with E-state index in [-0.39, 0.29) is 29.1 Å². The molecule has 6 nitrogen and oxygen atoms in total. The van der Waals surface area contributed by atoms with E-state index >= 15 is 0 Å². The van der Waals surface area contributed by atoms with E-state index in [0.29, 0.717) is 11.4 Å². The Morgan fingerprint density at radius 1 is 0.960 bits per heavy atom. The highest BCUT2D eigenvalue weighted by Gasteiger charge is 2.71. The smallest absolute Gasteiger partial charge is 0.307 e. The lowest BCUT2D eigenvalue weighted by Crippen LogP contribution is -2.37. The Kier molecular flexibility index (Phi) is 3.60. The molecule has 0 aromatic heterocycles. The Hall–Kier alpha value is -2.37. The summed E-state index contributed by atoms with van der Waals surface area (Å²) in [5.41, 5.74) is 1.40. The van der Waals surface area contributed by atoms with Crippen LogP contribution in [0.3, 0.4) is 0 Å². The number of aliphatic carboxylic acids is 1. The summed E-state index contributed by atoms with van der Waals surface area (Å²) in [5.74, 6) is -1.80. The van der Waals surface area contributed by atoms with Crippen molar-refractivity contribution in [1.82, 2.24) is 0 Å². The molecular weight excluding hydrogens is 320 g/mol. The third-order valence-electron chi connectivity index (χ3n) is 6.41. The van der Waals surface area contributed by atoms with Crippen molar-refractivity contribution in [2.45, 2.75) is 32.6 Å². The molecule has 25 heavy (non-hydrogen) atoms. The number of hydrogen-bond donors (Lipinski definition) is 3. The van der Waals surface area contributed by atoms with Crippen molar-refractivity contribution < 1.29 is 19.5 Å². The highest BCUT2D eigenvalue weighted by Crippen LogP contribution is 2.74. The van der Waals surface area contributed by atoms with Crippen molar-refractivity contribution >= 4 is 29.2 Å². The lowest BCUT2D eigenvalue weighted by Gasteiger charge is -2.26. The largest absolute Gasteiger partial charge is 0.481 e. The number of carbonyl (C=O) groups is 3. The Balaban J connectivity index is 1.51. The van der Waals surface area contributed by atoms with Gasteiger partial charge in [-0.2, -0.15) is 0 Å². The molecule has 3 aliphatic rings. The van der Waals surface area contributed by atoms with Crippen LogP contribution in [0.25, 0.3) is 0 Å². The molecule has 4 atom stereocenters. The standard InChI is InChI=1S/C19H22N2O4/c1-10(22)20-11-2-4-12(5-3-11)21-17(23)15-13-6-7-14(16(15)18(24)25)19(13)8-9-19/h2-5,13-16H,6-9H2,1H3,(H,20,22)(H,21,23)(H,24,25). The molecule has 3 N–H and O–H groups in total. The van der Waals surface area contributed by atoms with Crippen molar-refractivity contribution in [2.24, 2.45) is 29.1 Å². The molecule has 3 fully saturated rings. The monoisotopic (exact) mass is 342 g/mol. The number of rotatable bonds is 4. The van der Waals surface area contributed by atoms with Gasteiger partial charge in [-0.3, -0.25) is 14.4 Å². The van der Waals surface area contributed by atoms with Gasteiger partial charge in [0.05, 0.1) is 11.8 Å². The van der Waals surface area contributed by atoms with Gasteiger partial charge in [0.2, 0.25) is 11.8 Å². The van der Waals surface area contributed by atoms with Crippen LogP contribution < -0.4 is 10.6 Å². The normalized spacial score (nSPS) is 30.9. The first-order valence-electron chi connectivity index (χ1n) is 8.84. The van der Waals surface area contributed by atoms with Crippen LogP contribution in [0.4, 0.5) is 11.4 Å². The van der Waals surface area contributed by atoms with Crippen LogP contribution in [0.15, 0.2) is 24.3 Å². The Morgan fingerprint density at radius 3 is 1.96 bits per heavy atom. The third kappa shape index (κ3) is 2.51. The average Bonchev–Trinajstić information content (AvgIpc) is 3.22. The molecule has 1 aromatic carbocycles. The summed E-state index contributed by atoms with van der Waals surface area (Å²) in [6.07, 6.45) is 4.05. The molecule has 0 aliphatic heterocycles. The quantitative estimate of drug-likeness (QED) is 0.784. The maximum absolute atomic E-state index is 12.9. The highest BCUT2D eigenvalue weighted by molar-refractivity contribution is 5.96. The van der Waals surface area contributed by atoms with E-state index in [1.165, 1.54) is 6.92 Å². The predicted molar refractivity (Wildman–Crippen MR) is 91.9 cm³/mol. The van der Waals surface area contributed by atoms with Crippen molar-refractivity contribution in [1.29, 1.82) is 0 Å². The van der Waals surface area contributed by atoms with Crippen molar-refractivity contribution in [3.05, 3.63) is 24.3 Å². The van der Waals surface area contributed by atoms with E-state index in [0.717, 1.165) is 25.7 Å². The molecule has 4 rings (SSSR count). The summed E-state index contributed by atoms with van der Waals surface area (Å²) < 4.78 is 0. The topological polar surface area (TPSA) is 95.5 Å². The Bertz CT molecular complexity index is 738. The highest BCUT2D eigenvalue weighted by atomic mass is 16.4. The first-order valence-corrected chi connectivity index (χ1v) is 8.84. The van der Waals surface area contributed by atoms with Gasteiger partial charge in [0.15, 0.2) is 0 Å². The SMILES string of the molecule is CC(=O)Nc1ccc(NC(=O)C2C(C(=O)O)C3CCC2C32CC2)cc1. The first kappa shape index (κ1) is 16.1. The molecule has 0 radical (unpaired) electrons. The fourth-order valence-corrected chi connectivity index (χ4v) is 5.41. The minimum atomic E-state index is -0.834. The van der Waals surface area contributed by atoms with Gasteiger partial charge >= 0.3 is 5.97 Å². The van der Waals surface area contributed by atoms with Gasteiger partial charge in [0, 0.05) is 18.3 Å². The second kappa shape index (κ2) is 5.58. The van der Waals surface area contributed by atoms with Gasteiger partial charge in [-0.05, 0) is 67.2 Å². The first-order chi connectivity index (χ1) is 11.9. The number of carboxylic acid groups (broad SMARTS) is 1. The number of benzene rings is 1. The molecule has 6 heteroatoms. The summed E-state index contributed by atoms with van der Waals surface area (Å²) in [7, 11) is 0. The van der Waals surface area contributed by atoms with Crippen molar-refractivity contribution in [3.8, 4) is 0 Å². The Labute approximate surface area is 146 Å².